The number of rotatable bonds is 4. The molecule has 0 radical (unpaired) electrons. The van der Waals surface area contributed by atoms with Crippen LogP contribution in [0.25, 0.3) is 10.6 Å². The van der Waals surface area contributed by atoms with Crippen LogP contribution in [-0.4, -0.2) is 16.7 Å². The molecule has 2 aromatic carbocycles. The van der Waals surface area contributed by atoms with Gasteiger partial charge in [0.1, 0.15) is 5.01 Å². The van der Waals surface area contributed by atoms with Crippen molar-refractivity contribution in [3.63, 3.8) is 0 Å². The molecule has 1 amide bonds. The predicted molar refractivity (Wildman–Crippen MR) is 114 cm³/mol. The number of benzene rings is 2. The molecule has 1 aliphatic heterocycles. The van der Waals surface area contributed by atoms with Crippen molar-refractivity contribution in [1.29, 1.82) is 0 Å². The van der Waals surface area contributed by atoms with E-state index in [2.05, 4.69) is 10.3 Å². The second kappa shape index (κ2) is 7.35. The Labute approximate surface area is 177 Å². The summed E-state index contributed by atoms with van der Waals surface area (Å²) < 4.78 is 12.1. The Hall–Kier alpha value is -2.57. The van der Waals surface area contributed by atoms with Crippen LogP contribution in [0.2, 0.25) is 5.02 Å². The molecule has 148 valence electrons. The SMILES string of the molecule is O=C(Cc1csc(-c2ccccc2Cl)n1)Nc1ccc2c(c1)OC1(CCCC1)O2. The number of ether oxygens (including phenoxy) is 2. The molecule has 1 aliphatic carbocycles. The maximum Gasteiger partial charge on any atom is 0.251 e. The number of nitrogens with zero attached hydrogens (tertiary/aromatic N) is 1. The Morgan fingerprint density at radius 1 is 1.14 bits per heavy atom. The molecule has 2 heterocycles. The van der Waals surface area contributed by atoms with Crippen LogP contribution in [0.4, 0.5) is 5.69 Å². The van der Waals surface area contributed by atoms with Gasteiger partial charge in [0, 0.05) is 35.5 Å². The largest absolute Gasteiger partial charge is 0.448 e. The normalized spacial score (nSPS) is 16.3. The molecule has 2 aliphatic rings. The number of halogens is 1. The fourth-order valence-electron chi connectivity index (χ4n) is 3.81. The Bertz CT molecular complexity index is 1080. The third-order valence-electron chi connectivity index (χ3n) is 5.18. The van der Waals surface area contributed by atoms with E-state index in [0.29, 0.717) is 22.2 Å². The first-order chi connectivity index (χ1) is 14.1. The summed E-state index contributed by atoms with van der Waals surface area (Å²) in [6.07, 6.45) is 4.23. The molecule has 1 fully saturated rings. The molecule has 5 nitrogen and oxygen atoms in total. The van der Waals surface area contributed by atoms with Gasteiger partial charge in [0.25, 0.3) is 5.79 Å². The number of fused-ring (bicyclic) bond motifs is 1. The van der Waals surface area contributed by atoms with E-state index in [1.165, 1.54) is 11.3 Å². The molecular formula is C22H19ClN2O3S. The average molecular weight is 427 g/mol. The maximum atomic E-state index is 12.5. The van der Waals surface area contributed by atoms with Crippen LogP contribution in [0, 0.1) is 0 Å². The summed E-state index contributed by atoms with van der Waals surface area (Å²) in [6, 6.07) is 13.1. The van der Waals surface area contributed by atoms with Crippen LogP contribution in [-0.2, 0) is 11.2 Å². The first-order valence-electron chi connectivity index (χ1n) is 9.61. The van der Waals surface area contributed by atoms with E-state index in [1.807, 2.05) is 47.8 Å². The van der Waals surface area contributed by atoms with Crippen LogP contribution >= 0.6 is 22.9 Å². The molecule has 1 saturated carbocycles. The predicted octanol–water partition coefficient (Wildman–Crippen LogP) is 5.69. The minimum absolute atomic E-state index is 0.129. The van der Waals surface area contributed by atoms with E-state index < -0.39 is 5.79 Å². The first-order valence-corrected chi connectivity index (χ1v) is 10.9. The van der Waals surface area contributed by atoms with E-state index >= 15 is 0 Å². The maximum absolute atomic E-state index is 12.5. The second-order valence-corrected chi connectivity index (χ2v) is 8.60. The number of carbonyl (C=O) groups excluding carboxylic acids is 1. The van der Waals surface area contributed by atoms with Gasteiger partial charge in [-0.2, -0.15) is 0 Å². The molecule has 0 bridgehead atoms. The van der Waals surface area contributed by atoms with E-state index in [4.69, 9.17) is 21.1 Å². The molecule has 1 N–H and O–H groups in total. The van der Waals surface area contributed by atoms with Crippen molar-refractivity contribution in [2.75, 3.05) is 5.32 Å². The third-order valence-corrected chi connectivity index (χ3v) is 6.44. The van der Waals surface area contributed by atoms with Gasteiger partial charge < -0.3 is 14.8 Å². The highest BCUT2D eigenvalue weighted by Gasteiger charge is 2.44. The lowest BCUT2D eigenvalue weighted by atomic mass is 10.2. The number of carbonyl (C=O) groups is 1. The van der Waals surface area contributed by atoms with Crippen molar-refractivity contribution in [3.8, 4) is 22.1 Å². The van der Waals surface area contributed by atoms with Gasteiger partial charge in [0.2, 0.25) is 5.91 Å². The lowest BCUT2D eigenvalue weighted by Gasteiger charge is -2.21. The topological polar surface area (TPSA) is 60.5 Å². The second-order valence-electron chi connectivity index (χ2n) is 7.33. The molecule has 1 aromatic heterocycles. The first kappa shape index (κ1) is 18.5. The van der Waals surface area contributed by atoms with Crippen LogP contribution in [0.15, 0.2) is 47.8 Å². The van der Waals surface area contributed by atoms with Gasteiger partial charge in [0.05, 0.1) is 17.1 Å². The number of thiazole rings is 1. The summed E-state index contributed by atoms with van der Waals surface area (Å²) in [5.41, 5.74) is 2.28. The van der Waals surface area contributed by atoms with Gasteiger partial charge in [0.15, 0.2) is 11.5 Å². The number of aromatic nitrogens is 1. The van der Waals surface area contributed by atoms with E-state index in [9.17, 15) is 4.79 Å². The zero-order valence-corrected chi connectivity index (χ0v) is 17.2. The summed E-state index contributed by atoms with van der Waals surface area (Å²) in [5.74, 6) is 0.810. The lowest BCUT2D eigenvalue weighted by Crippen LogP contribution is -2.34. The van der Waals surface area contributed by atoms with Gasteiger partial charge in [-0.15, -0.1) is 11.3 Å². The fourth-order valence-corrected chi connectivity index (χ4v) is 4.95. The molecule has 0 saturated heterocycles. The fraction of sp³-hybridized carbons (Fsp3) is 0.273. The van der Waals surface area contributed by atoms with Crippen LogP contribution in [0.3, 0.4) is 0 Å². The van der Waals surface area contributed by atoms with E-state index in [0.717, 1.165) is 42.0 Å². The van der Waals surface area contributed by atoms with Crippen molar-refractivity contribution in [2.45, 2.75) is 37.9 Å². The molecule has 1 spiro atoms. The van der Waals surface area contributed by atoms with Gasteiger partial charge in [-0.3, -0.25) is 4.79 Å². The zero-order valence-electron chi connectivity index (χ0n) is 15.6. The minimum Gasteiger partial charge on any atom is -0.448 e. The van der Waals surface area contributed by atoms with E-state index in [-0.39, 0.29) is 12.3 Å². The van der Waals surface area contributed by atoms with Crippen molar-refractivity contribution < 1.29 is 14.3 Å². The molecule has 3 aromatic rings. The van der Waals surface area contributed by atoms with E-state index in [1.54, 1.807) is 0 Å². The van der Waals surface area contributed by atoms with Gasteiger partial charge in [-0.25, -0.2) is 4.98 Å². The van der Waals surface area contributed by atoms with Crippen molar-refractivity contribution in [2.24, 2.45) is 0 Å². The Kier molecular flexibility index (Phi) is 4.68. The summed E-state index contributed by atoms with van der Waals surface area (Å²) >= 11 is 7.72. The minimum atomic E-state index is -0.499. The summed E-state index contributed by atoms with van der Waals surface area (Å²) in [4.78, 5) is 17.1. The number of amides is 1. The van der Waals surface area contributed by atoms with Crippen LogP contribution < -0.4 is 14.8 Å². The van der Waals surface area contributed by atoms with Crippen LogP contribution in [0.1, 0.15) is 31.4 Å². The molecular weight excluding hydrogens is 408 g/mol. The van der Waals surface area contributed by atoms with Crippen molar-refractivity contribution in [3.05, 3.63) is 58.6 Å². The summed E-state index contributed by atoms with van der Waals surface area (Å²) in [5, 5.41) is 6.27. The Morgan fingerprint density at radius 2 is 1.93 bits per heavy atom. The highest BCUT2D eigenvalue weighted by molar-refractivity contribution is 7.13. The molecule has 5 rings (SSSR count). The van der Waals surface area contributed by atoms with Crippen molar-refractivity contribution >= 4 is 34.5 Å². The molecule has 29 heavy (non-hydrogen) atoms. The third kappa shape index (κ3) is 3.70. The smallest absolute Gasteiger partial charge is 0.251 e. The van der Waals surface area contributed by atoms with Gasteiger partial charge in [-0.1, -0.05) is 29.8 Å². The van der Waals surface area contributed by atoms with Crippen LogP contribution in [0.5, 0.6) is 11.5 Å². The number of hydrogen-bond donors (Lipinski definition) is 1. The monoisotopic (exact) mass is 426 g/mol. The van der Waals surface area contributed by atoms with Gasteiger partial charge >= 0.3 is 0 Å². The Balaban J connectivity index is 1.25. The number of nitrogens with one attached hydrogen (secondary N) is 1. The quantitative estimate of drug-likeness (QED) is 0.582. The number of hydrogen-bond acceptors (Lipinski definition) is 5. The molecule has 0 unspecified atom stereocenters. The van der Waals surface area contributed by atoms with Crippen molar-refractivity contribution in [1.82, 2.24) is 4.98 Å². The Morgan fingerprint density at radius 3 is 2.76 bits per heavy atom. The summed E-state index contributed by atoms with van der Waals surface area (Å²) in [7, 11) is 0. The average Bonchev–Trinajstić information content (AvgIpc) is 3.42. The number of anilines is 1. The zero-order chi connectivity index (χ0) is 19.8. The molecule has 7 heteroatoms. The highest BCUT2D eigenvalue weighted by Crippen LogP contribution is 2.47. The lowest BCUT2D eigenvalue weighted by molar-refractivity contribution is -0.115. The summed E-state index contributed by atoms with van der Waals surface area (Å²) in [6.45, 7) is 0. The standard InChI is InChI=1S/C22H19ClN2O3S/c23-17-6-2-1-5-16(17)21-25-15(13-29-21)12-20(26)24-14-7-8-18-19(11-14)28-22(27-18)9-3-4-10-22/h1-2,5-8,11,13H,3-4,9-10,12H2,(H,24,26). The highest BCUT2D eigenvalue weighted by atomic mass is 35.5. The molecule has 0 atom stereocenters. The van der Waals surface area contributed by atoms with Gasteiger partial charge in [-0.05, 0) is 31.0 Å².